The summed E-state index contributed by atoms with van der Waals surface area (Å²) in [7, 11) is -2.12. The van der Waals surface area contributed by atoms with Gasteiger partial charge in [-0.25, -0.2) is 0 Å². The normalized spacial score (nSPS) is 12.8. The Morgan fingerprint density at radius 1 is 1.28 bits per heavy atom. The monoisotopic (exact) mass is 398 g/mol. The third kappa shape index (κ3) is 3.95. The van der Waals surface area contributed by atoms with E-state index in [0.29, 0.717) is 24.6 Å². The van der Waals surface area contributed by atoms with E-state index in [9.17, 15) is 8.42 Å². The topological polar surface area (TPSA) is 69.9 Å². The molecule has 0 spiro atoms. The first kappa shape index (κ1) is 18.1. The lowest BCUT2D eigenvalue weighted by atomic mass is 10.3. The van der Waals surface area contributed by atoms with Gasteiger partial charge in [-0.1, -0.05) is 17.4 Å². The Balaban J connectivity index is 2.15. The van der Waals surface area contributed by atoms with Crippen molar-refractivity contribution in [1.82, 2.24) is 4.57 Å². The number of fused-ring (bicyclic) bond motifs is 1. The van der Waals surface area contributed by atoms with Gasteiger partial charge in [-0.15, -0.1) is 15.7 Å². The number of ether oxygens (including phenoxy) is 2. The molecule has 0 amide bonds. The average Bonchev–Trinajstić information content (AvgIpc) is 3.23. The Morgan fingerprint density at radius 3 is 2.80 bits per heavy atom. The minimum atomic E-state index is -3.73. The van der Waals surface area contributed by atoms with Gasteiger partial charge in [0, 0.05) is 13.2 Å². The molecule has 6 nitrogen and oxygen atoms in total. The minimum Gasteiger partial charge on any atom is -0.497 e. The number of thiazole rings is 1. The standard InChI is InChI=1S/C16H18N2O4S3/c1-3-22-9-8-18-13-7-6-12(21-2)11-14(13)24-16(18)17-25(19,20)15-5-4-10-23-15/h4-7,10-11H,3,8-9H2,1-2H3. The Kier molecular flexibility index (Phi) is 5.57. The van der Waals surface area contributed by atoms with Crippen LogP contribution < -0.4 is 9.54 Å². The molecule has 0 saturated heterocycles. The van der Waals surface area contributed by atoms with Gasteiger partial charge in [-0.2, -0.15) is 8.42 Å². The second-order valence-electron chi connectivity index (χ2n) is 5.07. The van der Waals surface area contributed by atoms with Gasteiger partial charge in [0.15, 0.2) is 0 Å². The smallest absolute Gasteiger partial charge is 0.294 e. The van der Waals surface area contributed by atoms with Crippen molar-refractivity contribution in [2.75, 3.05) is 20.3 Å². The molecule has 9 heteroatoms. The molecule has 25 heavy (non-hydrogen) atoms. The molecule has 0 radical (unpaired) electrons. The van der Waals surface area contributed by atoms with E-state index < -0.39 is 10.0 Å². The maximum Gasteiger partial charge on any atom is 0.294 e. The predicted octanol–water partition coefficient (Wildman–Crippen LogP) is 3.10. The second-order valence-corrected chi connectivity index (χ2v) is 8.85. The Hall–Kier alpha value is -1.68. The summed E-state index contributed by atoms with van der Waals surface area (Å²) in [6.07, 6.45) is 0. The SMILES string of the molecule is CCOCCn1c(=NS(=O)(=O)c2cccs2)sc2cc(OC)ccc21. The molecule has 2 aromatic heterocycles. The van der Waals surface area contributed by atoms with Gasteiger partial charge in [-0.3, -0.25) is 0 Å². The Labute approximate surface area is 154 Å². The lowest BCUT2D eigenvalue weighted by Crippen LogP contribution is -2.19. The highest BCUT2D eigenvalue weighted by atomic mass is 32.2. The molecule has 0 fully saturated rings. The molecule has 0 aliphatic rings. The van der Waals surface area contributed by atoms with Gasteiger partial charge in [0.1, 0.15) is 9.96 Å². The molecule has 2 heterocycles. The lowest BCUT2D eigenvalue weighted by Gasteiger charge is -2.06. The average molecular weight is 399 g/mol. The van der Waals surface area contributed by atoms with Gasteiger partial charge in [0.2, 0.25) is 4.80 Å². The number of sulfonamides is 1. The van der Waals surface area contributed by atoms with Crippen molar-refractivity contribution in [3.05, 3.63) is 40.5 Å². The third-order valence-corrected chi connectivity index (χ3v) is 7.30. The van der Waals surface area contributed by atoms with Crippen molar-refractivity contribution in [2.45, 2.75) is 17.7 Å². The molecule has 134 valence electrons. The molecular weight excluding hydrogens is 380 g/mol. The van der Waals surface area contributed by atoms with Crippen molar-refractivity contribution in [3.8, 4) is 5.75 Å². The zero-order chi connectivity index (χ0) is 17.9. The molecule has 3 rings (SSSR count). The summed E-state index contributed by atoms with van der Waals surface area (Å²) in [6, 6.07) is 8.90. The summed E-state index contributed by atoms with van der Waals surface area (Å²) in [6.45, 7) is 3.55. The molecule has 0 saturated carbocycles. The third-order valence-electron chi connectivity index (χ3n) is 3.50. The highest BCUT2D eigenvalue weighted by Crippen LogP contribution is 2.24. The van der Waals surface area contributed by atoms with Crippen LogP contribution in [-0.4, -0.2) is 33.3 Å². The number of nitrogens with zero attached hydrogens (tertiary/aromatic N) is 2. The highest BCUT2D eigenvalue weighted by Gasteiger charge is 2.16. The van der Waals surface area contributed by atoms with Crippen LogP contribution in [0.4, 0.5) is 0 Å². The van der Waals surface area contributed by atoms with E-state index in [4.69, 9.17) is 9.47 Å². The number of hydrogen-bond acceptors (Lipinski definition) is 6. The summed E-state index contributed by atoms with van der Waals surface area (Å²) >= 11 is 2.48. The Bertz CT molecular complexity index is 1020. The summed E-state index contributed by atoms with van der Waals surface area (Å²) in [5.41, 5.74) is 0.908. The maximum absolute atomic E-state index is 12.5. The van der Waals surface area contributed by atoms with E-state index in [0.717, 1.165) is 27.3 Å². The molecule has 0 bridgehead atoms. The van der Waals surface area contributed by atoms with Crippen LogP contribution in [-0.2, 0) is 21.3 Å². The van der Waals surface area contributed by atoms with E-state index in [1.54, 1.807) is 24.6 Å². The van der Waals surface area contributed by atoms with E-state index >= 15 is 0 Å². The number of benzene rings is 1. The highest BCUT2D eigenvalue weighted by molar-refractivity contribution is 7.92. The fourth-order valence-corrected chi connectivity index (χ4v) is 5.58. The molecule has 0 N–H and O–H groups in total. The van der Waals surface area contributed by atoms with Crippen molar-refractivity contribution in [3.63, 3.8) is 0 Å². The van der Waals surface area contributed by atoms with Crippen molar-refractivity contribution < 1.29 is 17.9 Å². The van der Waals surface area contributed by atoms with Gasteiger partial charge in [0.25, 0.3) is 10.0 Å². The molecule has 0 aliphatic carbocycles. The van der Waals surface area contributed by atoms with Crippen LogP contribution in [0.5, 0.6) is 5.75 Å². The first-order valence-electron chi connectivity index (χ1n) is 7.65. The summed E-state index contributed by atoms with van der Waals surface area (Å²) in [4.78, 5) is 0.427. The van der Waals surface area contributed by atoms with Gasteiger partial charge in [0.05, 0.1) is 23.9 Å². The van der Waals surface area contributed by atoms with Crippen LogP contribution in [0, 0.1) is 0 Å². The Morgan fingerprint density at radius 2 is 2.12 bits per heavy atom. The first-order chi connectivity index (χ1) is 12.0. The van der Waals surface area contributed by atoms with Crippen LogP contribution in [0.15, 0.2) is 44.3 Å². The molecule has 0 atom stereocenters. The number of rotatable bonds is 7. The fourth-order valence-electron chi connectivity index (χ4n) is 2.32. The van der Waals surface area contributed by atoms with Crippen molar-refractivity contribution in [1.29, 1.82) is 0 Å². The largest absolute Gasteiger partial charge is 0.497 e. The van der Waals surface area contributed by atoms with Crippen molar-refractivity contribution in [2.24, 2.45) is 4.40 Å². The van der Waals surface area contributed by atoms with Crippen LogP contribution in [0.25, 0.3) is 10.2 Å². The summed E-state index contributed by atoms with van der Waals surface area (Å²) < 4.78 is 42.8. The lowest BCUT2D eigenvalue weighted by molar-refractivity contribution is 0.139. The molecular formula is C16H18N2O4S3. The maximum atomic E-state index is 12.5. The number of hydrogen-bond donors (Lipinski definition) is 0. The van der Waals surface area contributed by atoms with E-state index in [-0.39, 0.29) is 4.21 Å². The zero-order valence-electron chi connectivity index (χ0n) is 13.8. The quantitative estimate of drug-likeness (QED) is 0.574. The minimum absolute atomic E-state index is 0.235. The molecule has 0 unspecified atom stereocenters. The second kappa shape index (κ2) is 7.69. The molecule has 1 aromatic carbocycles. The molecule has 0 aliphatic heterocycles. The van der Waals surface area contributed by atoms with Crippen molar-refractivity contribution >= 4 is 42.9 Å². The van der Waals surface area contributed by atoms with E-state index in [2.05, 4.69) is 4.40 Å². The number of aromatic nitrogens is 1. The fraction of sp³-hybridized carbons (Fsp3) is 0.312. The summed E-state index contributed by atoms with van der Waals surface area (Å²) in [5, 5.41) is 1.72. The van der Waals surface area contributed by atoms with Crippen LogP contribution in [0.3, 0.4) is 0 Å². The van der Waals surface area contributed by atoms with Gasteiger partial charge in [-0.05, 0) is 36.6 Å². The van der Waals surface area contributed by atoms with Crippen LogP contribution in [0.2, 0.25) is 0 Å². The van der Waals surface area contributed by atoms with Gasteiger partial charge < -0.3 is 14.0 Å². The number of methoxy groups -OCH3 is 1. The number of thiophene rings is 1. The van der Waals surface area contributed by atoms with E-state index in [1.165, 1.54) is 11.3 Å². The van der Waals surface area contributed by atoms with Crippen LogP contribution >= 0.6 is 22.7 Å². The zero-order valence-corrected chi connectivity index (χ0v) is 16.3. The van der Waals surface area contributed by atoms with E-state index in [1.807, 2.05) is 29.7 Å². The summed E-state index contributed by atoms with van der Waals surface area (Å²) in [5.74, 6) is 0.721. The van der Waals surface area contributed by atoms with Gasteiger partial charge >= 0.3 is 0 Å². The predicted molar refractivity (Wildman–Crippen MR) is 99.9 cm³/mol. The molecule has 3 aromatic rings. The van der Waals surface area contributed by atoms with Crippen LogP contribution in [0.1, 0.15) is 6.92 Å². The first-order valence-corrected chi connectivity index (χ1v) is 10.8.